The SMILES string of the molecule is O=C(O)C[C@H]1CCN(Cc2ccc(OC(F)(F)F)cc2)C1. The molecule has 0 amide bonds. The van der Waals surface area contributed by atoms with Crippen molar-refractivity contribution in [3.8, 4) is 5.75 Å². The third-order valence-corrected chi connectivity index (χ3v) is 3.40. The van der Waals surface area contributed by atoms with Crippen LogP contribution < -0.4 is 4.74 Å². The summed E-state index contributed by atoms with van der Waals surface area (Å²) in [7, 11) is 0. The van der Waals surface area contributed by atoms with E-state index >= 15 is 0 Å². The standard InChI is InChI=1S/C14H16F3NO3/c15-14(16,17)21-12-3-1-10(2-4-12)8-18-6-5-11(9-18)7-13(19)20/h1-4,11H,5-9H2,(H,19,20)/t11-/m1/s1. The number of carboxylic acids is 1. The van der Waals surface area contributed by atoms with Crippen LogP contribution in [0, 0.1) is 5.92 Å². The zero-order chi connectivity index (χ0) is 15.5. The van der Waals surface area contributed by atoms with Crippen LogP contribution in [0.2, 0.25) is 0 Å². The summed E-state index contributed by atoms with van der Waals surface area (Å²) < 4.78 is 39.9. The highest BCUT2D eigenvalue weighted by molar-refractivity contribution is 5.67. The van der Waals surface area contributed by atoms with E-state index in [9.17, 15) is 18.0 Å². The highest BCUT2D eigenvalue weighted by atomic mass is 19.4. The molecule has 0 aliphatic carbocycles. The third kappa shape index (κ3) is 5.26. The first-order chi connectivity index (χ1) is 9.82. The van der Waals surface area contributed by atoms with Crippen LogP contribution >= 0.6 is 0 Å². The number of hydrogen-bond donors (Lipinski definition) is 1. The van der Waals surface area contributed by atoms with Gasteiger partial charge in [-0.2, -0.15) is 0 Å². The predicted octanol–water partition coefficient (Wildman–Crippen LogP) is 2.88. The molecule has 4 nitrogen and oxygen atoms in total. The second kappa shape index (κ2) is 6.34. The van der Waals surface area contributed by atoms with E-state index in [-0.39, 0.29) is 18.1 Å². The van der Waals surface area contributed by atoms with Crippen molar-refractivity contribution in [1.29, 1.82) is 0 Å². The molecule has 1 atom stereocenters. The lowest BCUT2D eigenvalue weighted by atomic mass is 10.1. The van der Waals surface area contributed by atoms with Gasteiger partial charge in [0.2, 0.25) is 0 Å². The molecule has 1 aromatic rings. The van der Waals surface area contributed by atoms with E-state index in [2.05, 4.69) is 9.64 Å². The Hall–Kier alpha value is -1.76. The summed E-state index contributed by atoms with van der Waals surface area (Å²) in [5, 5.41) is 8.75. The molecule has 0 saturated carbocycles. The molecule has 1 saturated heterocycles. The fraction of sp³-hybridized carbons (Fsp3) is 0.500. The number of aliphatic carboxylic acids is 1. The van der Waals surface area contributed by atoms with Crippen LogP contribution in [0.25, 0.3) is 0 Å². The first-order valence-corrected chi connectivity index (χ1v) is 6.60. The molecule has 0 bridgehead atoms. The van der Waals surface area contributed by atoms with Crippen LogP contribution in [0.3, 0.4) is 0 Å². The van der Waals surface area contributed by atoms with Gasteiger partial charge in [-0.15, -0.1) is 13.2 Å². The molecule has 1 fully saturated rings. The minimum Gasteiger partial charge on any atom is -0.481 e. The quantitative estimate of drug-likeness (QED) is 0.908. The van der Waals surface area contributed by atoms with E-state index in [1.54, 1.807) is 12.1 Å². The number of hydrogen-bond acceptors (Lipinski definition) is 3. The van der Waals surface area contributed by atoms with Gasteiger partial charge in [-0.25, -0.2) is 0 Å². The summed E-state index contributed by atoms with van der Waals surface area (Å²) in [5.74, 6) is -0.887. The Morgan fingerprint density at radius 3 is 2.57 bits per heavy atom. The van der Waals surface area contributed by atoms with Crippen molar-refractivity contribution in [3.05, 3.63) is 29.8 Å². The predicted molar refractivity (Wildman–Crippen MR) is 68.8 cm³/mol. The van der Waals surface area contributed by atoms with Crippen molar-refractivity contribution >= 4 is 5.97 Å². The first kappa shape index (κ1) is 15.6. The van der Waals surface area contributed by atoms with Gasteiger partial charge in [0, 0.05) is 19.5 Å². The Morgan fingerprint density at radius 2 is 2.00 bits per heavy atom. The lowest BCUT2D eigenvalue weighted by Gasteiger charge is -2.16. The highest BCUT2D eigenvalue weighted by Crippen LogP contribution is 2.25. The molecule has 7 heteroatoms. The van der Waals surface area contributed by atoms with E-state index in [4.69, 9.17) is 5.11 Å². The average Bonchev–Trinajstić information content (AvgIpc) is 2.76. The summed E-state index contributed by atoms with van der Waals surface area (Å²) >= 11 is 0. The van der Waals surface area contributed by atoms with Gasteiger partial charge in [-0.05, 0) is 36.6 Å². The minimum atomic E-state index is -4.68. The molecular weight excluding hydrogens is 287 g/mol. The Kier molecular flexibility index (Phi) is 4.72. The van der Waals surface area contributed by atoms with E-state index in [0.29, 0.717) is 13.1 Å². The molecule has 1 N–H and O–H groups in total. The minimum absolute atomic E-state index is 0.148. The van der Waals surface area contributed by atoms with E-state index in [1.807, 2.05) is 0 Å². The highest BCUT2D eigenvalue weighted by Gasteiger charge is 2.31. The van der Waals surface area contributed by atoms with Crippen molar-refractivity contribution in [1.82, 2.24) is 4.90 Å². The molecule has 0 aromatic heterocycles. The van der Waals surface area contributed by atoms with Gasteiger partial charge in [-0.3, -0.25) is 9.69 Å². The van der Waals surface area contributed by atoms with Crippen molar-refractivity contribution in [2.75, 3.05) is 13.1 Å². The number of nitrogens with zero attached hydrogens (tertiary/aromatic N) is 1. The third-order valence-electron chi connectivity index (χ3n) is 3.40. The van der Waals surface area contributed by atoms with Gasteiger partial charge >= 0.3 is 12.3 Å². The van der Waals surface area contributed by atoms with Crippen molar-refractivity contribution < 1.29 is 27.8 Å². The summed E-state index contributed by atoms with van der Waals surface area (Å²) in [4.78, 5) is 12.8. The van der Waals surface area contributed by atoms with Crippen LogP contribution in [0.1, 0.15) is 18.4 Å². The summed E-state index contributed by atoms with van der Waals surface area (Å²) in [6.07, 6.45) is -3.68. The van der Waals surface area contributed by atoms with E-state index in [0.717, 1.165) is 18.5 Å². The molecule has 21 heavy (non-hydrogen) atoms. The second-order valence-electron chi connectivity index (χ2n) is 5.18. The molecule has 0 unspecified atom stereocenters. The Labute approximate surface area is 120 Å². The average molecular weight is 303 g/mol. The fourth-order valence-corrected chi connectivity index (χ4v) is 2.52. The summed E-state index contributed by atoms with van der Waals surface area (Å²) in [6.45, 7) is 2.11. The monoisotopic (exact) mass is 303 g/mol. The van der Waals surface area contributed by atoms with Gasteiger partial charge in [0.15, 0.2) is 0 Å². The topological polar surface area (TPSA) is 49.8 Å². The molecule has 1 heterocycles. The number of carboxylic acid groups (broad SMARTS) is 1. The number of ether oxygens (including phenoxy) is 1. The Balaban J connectivity index is 1.85. The van der Waals surface area contributed by atoms with Crippen molar-refractivity contribution in [2.24, 2.45) is 5.92 Å². The normalized spacial score (nSPS) is 19.7. The number of carbonyl (C=O) groups is 1. The van der Waals surface area contributed by atoms with Gasteiger partial charge in [-0.1, -0.05) is 12.1 Å². The van der Waals surface area contributed by atoms with Crippen molar-refractivity contribution in [3.63, 3.8) is 0 Å². The molecule has 0 spiro atoms. The number of alkyl halides is 3. The molecule has 1 aliphatic rings. The molecule has 116 valence electrons. The van der Waals surface area contributed by atoms with Crippen LogP contribution in [0.15, 0.2) is 24.3 Å². The van der Waals surface area contributed by atoms with Crippen LogP contribution in [0.5, 0.6) is 5.75 Å². The van der Waals surface area contributed by atoms with Crippen LogP contribution in [-0.4, -0.2) is 35.4 Å². The Bertz CT molecular complexity index is 487. The maximum absolute atomic E-state index is 12.0. The van der Waals surface area contributed by atoms with E-state index < -0.39 is 12.3 Å². The zero-order valence-corrected chi connectivity index (χ0v) is 11.3. The van der Waals surface area contributed by atoms with Crippen LogP contribution in [-0.2, 0) is 11.3 Å². The number of halogens is 3. The molecule has 1 aliphatic heterocycles. The van der Waals surface area contributed by atoms with Crippen molar-refractivity contribution in [2.45, 2.75) is 25.7 Å². The molecule has 0 radical (unpaired) electrons. The lowest BCUT2D eigenvalue weighted by Crippen LogP contribution is -2.21. The van der Waals surface area contributed by atoms with Gasteiger partial charge in [0.25, 0.3) is 0 Å². The second-order valence-corrected chi connectivity index (χ2v) is 5.18. The van der Waals surface area contributed by atoms with Gasteiger partial charge < -0.3 is 9.84 Å². The number of likely N-dealkylation sites (tertiary alicyclic amines) is 1. The zero-order valence-electron chi connectivity index (χ0n) is 11.3. The smallest absolute Gasteiger partial charge is 0.481 e. The van der Waals surface area contributed by atoms with Gasteiger partial charge in [0.1, 0.15) is 5.75 Å². The summed E-state index contributed by atoms with van der Waals surface area (Å²) in [5.41, 5.74) is 0.875. The maximum atomic E-state index is 12.0. The lowest BCUT2D eigenvalue weighted by molar-refractivity contribution is -0.274. The first-order valence-electron chi connectivity index (χ1n) is 6.60. The molecule has 1 aromatic carbocycles. The Morgan fingerprint density at radius 1 is 1.33 bits per heavy atom. The maximum Gasteiger partial charge on any atom is 0.573 e. The van der Waals surface area contributed by atoms with Crippen LogP contribution in [0.4, 0.5) is 13.2 Å². The summed E-state index contributed by atoms with van der Waals surface area (Å²) in [6, 6.07) is 5.75. The van der Waals surface area contributed by atoms with E-state index in [1.165, 1.54) is 12.1 Å². The van der Waals surface area contributed by atoms with Gasteiger partial charge in [0.05, 0.1) is 0 Å². The molecule has 2 rings (SSSR count). The number of rotatable bonds is 5. The fourth-order valence-electron chi connectivity index (χ4n) is 2.52. The number of benzene rings is 1. The largest absolute Gasteiger partial charge is 0.573 e. The molecular formula is C14H16F3NO3.